The van der Waals surface area contributed by atoms with Gasteiger partial charge in [-0.2, -0.15) is 4.98 Å². The minimum Gasteiger partial charge on any atom is -0.497 e. The van der Waals surface area contributed by atoms with Crippen LogP contribution in [0.4, 0.5) is 0 Å². The zero-order chi connectivity index (χ0) is 24.8. The van der Waals surface area contributed by atoms with Gasteiger partial charge in [-0.25, -0.2) is 0 Å². The molecule has 0 aliphatic carbocycles. The van der Waals surface area contributed by atoms with Crippen LogP contribution in [0.1, 0.15) is 5.56 Å². The fourth-order valence-corrected chi connectivity index (χ4v) is 3.44. The van der Waals surface area contributed by atoms with Gasteiger partial charge >= 0.3 is 0 Å². The second-order valence-electron chi connectivity index (χ2n) is 7.48. The van der Waals surface area contributed by atoms with Crippen LogP contribution in [0.15, 0.2) is 70.1 Å². The number of amides is 1. The molecule has 2 aromatic heterocycles. The molecule has 4 rings (SSSR count). The Morgan fingerprint density at radius 2 is 1.83 bits per heavy atom. The molecule has 1 N–H and O–H groups in total. The van der Waals surface area contributed by atoms with E-state index in [0.29, 0.717) is 29.4 Å². The van der Waals surface area contributed by atoms with E-state index >= 15 is 0 Å². The number of benzene rings is 2. The molecule has 0 bridgehead atoms. The van der Waals surface area contributed by atoms with Crippen molar-refractivity contribution in [2.45, 2.75) is 13.1 Å². The van der Waals surface area contributed by atoms with Gasteiger partial charge in [0, 0.05) is 18.3 Å². The Labute approximate surface area is 201 Å². The SMILES string of the molecule is COc1cccc(CNC(=O)Cn2cccc(-c3nc(-c4ccc(OC)c(OC)c4)no3)c2=O)c1. The van der Waals surface area contributed by atoms with Gasteiger partial charge in [-0.3, -0.25) is 9.59 Å². The van der Waals surface area contributed by atoms with Crippen molar-refractivity contribution < 1.29 is 23.5 Å². The monoisotopic (exact) mass is 476 g/mol. The van der Waals surface area contributed by atoms with Gasteiger partial charge < -0.3 is 28.6 Å². The Bertz CT molecular complexity index is 1390. The highest BCUT2D eigenvalue weighted by Crippen LogP contribution is 2.31. The third-order valence-corrected chi connectivity index (χ3v) is 5.26. The van der Waals surface area contributed by atoms with Crippen molar-refractivity contribution >= 4 is 5.91 Å². The first-order chi connectivity index (χ1) is 17.0. The van der Waals surface area contributed by atoms with Crippen LogP contribution in [0.5, 0.6) is 17.2 Å². The first-order valence-electron chi connectivity index (χ1n) is 10.7. The summed E-state index contributed by atoms with van der Waals surface area (Å²) in [6.07, 6.45) is 1.53. The molecule has 0 atom stereocenters. The molecule has 0 unspecified atom stereocenters. The van der Waals surface area contributed by atoms with Gasteiger partial charge in [0.05, 0.1) is 21.3 Å². The summed E-state index contributed by atoms with van der Waals surface area (Å²) in [5, 5.41) is 6.79. The Hall–Kier alpha value is -4.60. The minimum absolute atomic E-state index is 0.0472. The van der Waals surface area contributed by atoms with Crippen molar-refractivity contribution in [3.05, 3.63) is 76.7 Å². The number of carbonyl (C=O) groups excluding carboxylic acids is 1. The Kier molecular flexibility index (Phi) is 7.10. The average Bonchev–Trinajstić information content (AvgIpc) is 3.38. The molecule has 10 heteroatoms. The van der Waals surface area contributed by atoms with Gasteiger partial charge in [0.2, 0.25) is 11.7 Å². The minimum atomic E-state index is -0.424. The lowest BCUT2D eigenvalue weighted by Gasteiger charge is -2.09. The lowest BCUT2D eigenvalue weighted by molar-refractivity contribution is -0.121. The molecular weight excluding hydrogens is 452 g/mol. The van der Waals surface area contributed by atoms with E-state index in [-0.39, 0.29) is 29.7 Å². The van der Waals surface area contributed by atoms with Crippen LogP contribution in [-0.4, -0.2) is 41.9 Å². The van der Waals surface area contributed by atoms with E-state index < -0.39 is 5.56 Å². The number of nitrogens with zero attached hydrogens (tertiary/aromatic N) is 3. The second-order valence-corrected chi connectivity index (χ2v) is 7.48. The molecule has 2 aromatic carbocycles. The van der Waals surface area contributed by atoms with Crippen LogP contribution < -0.4 is 25.1 Å². The number of hydrogen-bond donors (Lipinski definition) is 1. The highest BCUT2D eigenvalue weighted by Gasteiger charge is 2.17. The van der Waals surface area contributed by atoms with Gasteiger partial charge in [0.1, 0.15) is 17.9 Å². The van der Waals surface area contributed by atoms with Crippen molar-refractivity contribution in [3.63, 3.8) is 0 Å². The predicted octanol–water partition coefficient (Wildman–Crippen LogP) is 2.91. The van der Waals surface area contributed by atoms with Gasteiger partial charge in [0.15, 0.2) is 11.5 Å². The Morgan fingerprint density at radius 1 is 1.00 bits per heavy atom. The molecule has 2 heterocycles. The lowest BCUT2D eigenvalue weighted by atomic mass is 10.2. The van der Waals surface area contributed by atoms with E-state index in [1.165, 1.54) is 17.9 Å². The van der Waals surface area contributed by atoms with Crippen LogP contribution in [0.2, 0.25) is 0 Å². The molecule has 0 spiro atoms. The molecule has 0 aliphatic heterocycles. The summed E-state index contributed by atoms with van der Waals surface area (Å²) in [4.78, 5) is 29.8. The summed E-state index contributed by atoms with van der Waals surface area (Å²) in [5.41, 5.74) is 1.28. The third-order valence-electron chi connectivity index (χ3n) is 5.26. The summed E-state index contributed by atoms with van der Waals surface area (Å²) in [6.45, 7) is 0.149. The topological polar surface area (TPSA) is 118 Å². The number of ether oxygens (including phenoxy) is 3. The zero-order valence-electron chi connectivity index (χ0n) is 19.5. The van der Waals surface area contributed by atoms with E-state index in [2.05, 4.69) is 15.5 Å². The number of rotatable bonds is 9. The molecule has 35 heavy (non-hydrogen) atoms. The summed E-state index contributed by atoms with van der Waals surface area (Å²) in [5.74, 6) is 1.79. The summed E-state index contributed by atoms with van der Waals surface area (Å²) < 4.78 is 22.4. The number of aromatic nitrogens is 3. The van der Waals surface area contributed by atoms with E-state index in [1.54, 1.807) is 44.6 Å². The van der Waals surface area contributed by atoms with Crippen LogP contribution in [0, 0.1) is 0 Å². The van der Waals surface area contributed by atoms with Crippen LogP contribution in [0.3, 0.4) is 0 Å². The number of pyridine rings is 1. The maximum atomic E-state index is 13.0. The van der Waals surface area contributed by atoms with Crippen molar-refractivity contribution in [3.8, 4) is 40.1 Å². The largest absolute Gasteiger partial charge is 0.497 e. The quantitative estimate of drug-likeness (QED) is 0.392. The summed E-state index contributed by atoms with van der Waals surface area (Å²) in [7, 11) is 4.66. The number of nitrogens with one attached hydrogen (secondary N) is 1. The van der Waals surface area contributed by atoms with E-state index in [0.717, 1.165) is 5.56 Å². The predicted molar refractivity (Wildman–Crippen MR) is 127 cm³/mol. The molecule has 0 saturated carbocycles. The molecule has 0 fully saturated rings. The first-order valence-corrected chi connectivity index (χ1v) is 10.7. The van der Waals surface area contributed by atoms with E-state index in [1.807, 2.05) is 24.3 Å². The second kappa shape index (κ2) is 10.6. The summed E-state index contributed by atoms with van der Waals surface area (Å²) >= 11 is 0. The van der Waals surface area contributed by atoms with Crippen LogP contribution in [0.25, 0.3) is 22.8 Å². The Morgan fingerprint density at radius 3 is 2.60 bits per heavy atom. The standard InChI is InChI=1S/C25H24N4O6/c1-32-18-7-4-6-16(12-18)14-26-22(30)15-29-11-5-8-19(25(29)31)24-27-23(28-35-24)17-9-10-20(33-2)21(13-17)34-3/h4-13H,14-15H2,1-3H3,(H,26,30). The van der Waals surface area contributed by atoms with E-state index in [9.17, 15) is 9.59 Å². The maximum Gasteiger partial charge on any atom is 0.263 e. The molecule has 0 saturated heterocycles. The number of hydrogen-bond acceptors (Lipinski definition) is 8. The van der Waals surface area contributed by atoms with Crippen molar-refractivity contribution in [2.24, 2.45) is 0 Å². The molecule has 1 amide bonds. The highest BCUT2D eigenvalue weighted by atomic mass is 16.5. The van der Waals surface area contributed by atoms with Gasteiger partial charge in [-0.05, 0) is 48.0 Å². The average molecular weight is 476 g/mol. The summed E-state index contributed by atoms with van der Waals surface area (Å²) in [6, 6.07) is 15.8. The molecule has 4 aromatic rings. The van der Waals surface area contributed by atoms with E-state index in [4.69, 9.17) is 18.7 Å². The molecular formula is C25H24N4O6. The zero-order valence-corrected chi connectivity index (χ0v) is 19.5. The fraction of sp³-hybridized carbons (Fsp3) is 0.200. The number of carbonyl (C=O) groups is 1. The highest BCUT2D eigenvalue weighted by molar-refractivity contribution is 5.75. The molecule has 10 nitrogen and oxygen atoms in total. The van der Waals surface area contributed by atoms with Crippen molar-refractivity contribution in [2.75, 3.05) is 21.3 Å². The first kappa shape index (κ1) is 23.6. The van der Waals surface area contributed by atoms with Crippen LogP contribution >= 0.6 is 0 Å². The lowest BCUT2D eigenvalue weighted by Crippen LogP contribution is -2.32. The smallest absolute Gasteiger partial charge is 0.263 e. The normalized spacial score (nSPS) is 10.6. The van der Waals surface area contributed by atoms with Crippen LogP contribution in [-0.2, 0) is 17.9 Å². The third kappa shape index (κ3) is 5.32. The molecule has 180 valence electrons. The molecule has 0 radical (unpaired) electrons. The maximum absolute atomic E-state index is 13.0. The number of methoxy groups -OCH3 is 3. The fourth-order valence-electron chi connectivity index (χ4n) is 3.44. The van der Waals surface area contributed by atoms with Crippen molar-refractivity contribution in [1.29, 1.82) is 0 Å². The Balaban J connectivity index is 1.49. The van der Waals surface area contributed by atoms with Gasteiger partial charge in [-0.15, -0.1) is 0 Å². The van der Waals surface area contributed by atoms with Gasteiger partial charge in [-0.1, -0.05) is 17.3 Å². The van der Waals surface area contributed by atoms with Gasteiger partial charge in [0.25, 0.3) is 11.4 Å². The van der Waals surface area contributed by atoms with Crippen molar-refractivity contribution in [1.82, 2.24) is 20.0 Å². The molecule has 0 aliphatic rings.